The number of nitrogens with one attached hydrogen (secondary N) is 1. The Morgan fingerprint density at radius 3 is 2.66 bits per heavy atom. The Balaban J connectivity index is 1.57. The first-order valence-electron chi connectivity index (χ1n) is 9.24. The van der Waals surface area contributed by atoms with Crippen molar-refractivity contribution in [2.24, 2.45) is 4.99 Å². The quantitative estimate of drug-likeness (QED) is 0.569. The molecule has 0 saturated carbocycles. The average Bonchev–Trinajstić information content (AvgIpc) is 3.07. The van der Waals surface area contributed by atoms with E-state index in [1.54, 1.807) is 0 Å². The van der Waals surface area contributed by atoms with Crippen molar-refractivity contribution in [1.29, 1.82) is 0 Å². The van der Waals surface area contributed by atoms with Crippen molar-refractivity contribution in [3.05, 3.63) is 95.3 Å². The minimum Gasteiger partial charge on any atom is -0.424 e. The third-order valence-corrected chi connectivity index (χ3v) is 4.86. The molecule has 0 fully saturated rings. The zero-order valence-corrected chi connectivity index (χ0v) is 15.3. The van der Waals surface area contributed by atoms with Crippen molar-refractivity contribution < 1.29 is 13.6 Å². The van der Waals surface area contributed by atoms with Gasteiger partial charge in [0.15, 0.2) is 17.5 Å². The fraction of sp³-hybridized carbons (Fsp3) is 0.0870. The van der Waals surface area contributed by atoms with Crippen molar-refractivity contribution in [1.82, 2.24) is 4.98 Å². The predicted octanol–water partition coefficient (Wildman–Crippen LogP) is 4.37. The van der Waals surface area contributed by atoms with E-state index in [2.05, 4.69) is 10.3 Å². The van der Waals surface area contributed by atoms with E-state index < -0.39 is 12.0 Å². The van der Waals surface area contributed by atoms with E-state index in [0.29, 0.717) is 11.1 Å². The molecular weight excluding hydrogens is 369 g/mol. The van der Waals surface area contributed by atoms with Gasteiger partial charge in [0.2, 0.25) is 0 Å². The number of ketones is 1. The van der Waals surface area contributed by atoms with Crippen LogP contribution in [0.1, 0.15) is 16.7 Å². The third-order valence-electron chi connectivity index (χ3n) is 4.86. The monoisotopic (exact) mass is 385 g/mol. The maximum absolute atomic E-state index is 13.4. The zero-order valence-electron chi connectivity index (χ0n) is 15.3. The Morgan fingerprint density at radius 1 is 1.00 bits per heavy atom. The molecule has 0 radical (unpaired) electrons. The number of aromatic nitrogens is 1. The second kappa shape index (κ2) is 6.98. The van der Waals surface area contributed by atoms with Crippen LogP contribution < -0.4 is 5.32 Å². The van der Waals surface area contributed by atoms with Gasteiger partial charge in [-0.25, -0.2) is 4.39 Å². The summed E-state index contributed by atoms with van der Waals surface area (Å²) in [5.41, 5.74) is 4.31. The molecular formula is C23H16FN3O2. The summed E-state index contributed by atoms with van der Waals surface area (Å²) in [6.45, 7) is 0. The number of hydrogen-bond acceptors (Lipinski definition) is 5. The van der Waals surface area contributed by atoms with Gasteiger partial charge in [-0.15, -0.1) is 0 Å². The standard InChI is InChI=1S/C23H16FN3O2/c24-16-10-11-20-18(13-16)25-23(29-20)27-22-19(28)12-15-8-4-5-9-17(15)21(26-22)14-6-2-1-3-7-14/h1-11,13,22H,12H2,(H,25,27). The second-order valence-electron chi connectivity index (χ2n) is 6.82. The highest BCUT2D eigenvalue weighted by molar-refractivity contribution is 6.16. The van der Waals surface area contributed by atoms with Gasteiger partial charge >= 0.3 is 0 Å². The SMILES string of the molecule is O=C1Cc2ccccc2C(c2ccccc2)=NC1Nc1nc2cc(F)ccc2o1. The van der Waals surface area contributed by atoms with Gasteiger partial charge in [-0.05, 0) is 17.7 Å². The van der Waals surface area contributed by atoms with E-state index >= 15 is 0 Å². The van der Waals surface area contributed by atoms with Crippen LogP contribution in [0.2, 0.25) is 0 Å². The van der Waals surface area contributed by atoms with Crippen molar-refractivity contribution in [3.63, 3.8) is 0 Å². The lowest BCUT2D eigenvalue weighted by molar-refractivity contribution is -0.119. The molecule has 0 amide bonds. The number of oxazole rings is 1. The lowest BCUT2D eigenvalue weighted by Crippen LogP contribution is -2.29. The van der Waals surface area contributed by atoms with E-state index in [0.717, 1.165) is 22.4 Å². The highest BCUT2D eigenvalue weighted by atomic mass is 19.1. The van der Waals surface area contributed by atoms with Gasteiger partial charge in [-0.1, -0.05) is 54.6 Å². The molecule has 4 aromatic rings. The Labute approximate surface area is 165 Å². The summed E-state index contributed by atoms with van der Waals surface area (Å²) >= 11 is 0. The number of fused-ring (bicyclic) bond motifs is 2. The number of carbonyl (C=O) groups excluding carboxylic acids is 1. The highest BCUT2D eigenvalue weighted by Crippen LogP contribution is 2.24. The Kier molecular flexibility index (Phi) is 4.17. The van der Waals surface area contributed by atoms with Gasteiger partial charge < -0.3 is 9.73 Å². The fourth-order valence-electron chi connectivity index (χ4n) is 3.48. The van der Waals surface area contributed by atoms with Crippen LogP contribution in [0.3, 0.4) is 0 Å². The van der Waals surface area contributed by atoms with Crippen molar-refractivity contribution in [3.8, 4) is 0 Å². The summed E-state index contributed by atoms with van der Waals surface area (Å²) in [5, 5.41) is 2.98. The van der Waals surface area contributed by atoms with Gasteiger partial charge in [0.05, 0.1) is 5.71 Å². The number of anilines is 1. The van der Waals surface area contributed by atoms with Crippen LogP contribution in [-0.4, -0.2) is 22.6 Å². The van der Waals surface area contributed by atoms with E-state index in [4.69, 9.17) is 9.41 Å². The number of carbonyl (C=O) groups is 1. The molecule has 0 aliphatic carbocycles. The molecule has 1 aliphatic rings. The maximum atomic E-state index is 13.4. The predicted molar refractivity (Wildman–Crippen MR) is 109 cm³/mol. The highest BCUT2D eigenvalue weighted by Gasteiger charge is 2.27. The summed E-state index contributed by atoms with van der Waals surface area (Å²) in [6, 6.07) is 21.7. The third kappa shape index (κ3) is 3.29. The molecule has 1 aromatic heterocycles. The summed E-state index contributed by atoms with van der Waals surface area (Å²) < 4.78 is 19.1. The number of aliphatic imine (C=N–C) groups is 1. The van der Waals surface area contributed by atoms with Crippen LogP contribution in [0.15, 0.2) is 82.2 Å². The number of hydrogen-bond donors (Lipinski definition) is 1. The summed E-state index contributed by atoms with van der Waals surface area (Å²) in [7, 11) is 0. The number of halogens is 1. The van der Waals surface area contributed by atoms with E-state index in [1.807, 2.05) is 54.6 Å². The van der Waals surface area contributed by atoms with Crippen LogP contribution in [0.5, 0.6) is 0 Å². The molecule has 3 aromatic carbocycles. The molecule has 6 heteroatoms. The van der Waals surface area contributed by atoms with Crippen LogP contribution in [0.25, 0.3) is 11.1 Å². The Morgan fingerprint density at radius 2 is 1.79 bits per heavy atom. The first-order chi connectivity index (χ1) is 14.2. The van der Waals surface area contributed by atoms with Crippen LogP contribution in [0.4, 0.5) is 10.4 Å². The van der Waals surface area contributed by atoms with Crippen LogP contribution >= 0.6 is 0 Å². The summed E-state index contributed by atoms with van der Waals surface area (Å²) in [4.78, 5) is 21.9. The topological polar surface area (TPSA) is 67.5 Å². The molecule has 0 spiro atoms. The molecule has 1 aliphatic heterocycles. The first-order valence-corrected chi connectivity index (χ1v) is 9.24. The average molecular weight is 385 g/mol. The maximum Gasteiger partial charge on any atom is 0.297 e. The Hall–Kier alpha value is -3.80. The summed E-state index contributed by atoms with van der Waals surface area (Å²) in [6.07, 6.45) is -0.627. The van der Waals surface area contributed by atoms with E-state index in [1.165, 1.54) is 18.2 Å². The first kappa shape index (κ1) is 17.3. The second-order valence-corrected chi connectivity index (χ2v) is 6.82. The molecule has 1 atom stereocenters. The van der Waals surface area contributed by atoms with Gasteiger partial charge in [0, 0.05) is 23.6 Å². The molecule has 1 N–H and O–H groups in total. The molecule has 29 heavy (non-hydrogen) atoms. The van der Waals surface area contributed by atoms with Crippen LogP contribution in [-0.2, 0) is 11.2 Å². The summed E-state index contributed by atoms with van der Waals surface area (Å²) in [5.74, 6) is -0.500. The fourth-order valence-corrected chi connectivity index (χ4v) is 3.48. The number of nitrogens with zero attached hydrogens (tertiary/aromatic N) is 2. The van der Waals surface area contributed by atoms with Crippen molar-refractivity contribution in [2.75, 3.05) is 5.32 Å². The minimum atomic E-state index is -0.865. The van der Waals surface area contributed by atoms with Gasteiger partial charge in [-0.2, -0.15) is 4.98 Å². The normalized spacial score (nSPS) is 16.2. The van der Waals surface area contributed by atoms with Crippen LogP contribution in [0, 0.1) is 5.82 Å². The lowest BCUT2D eigenvalue weighted by atomic mass is 9.96. The van der Waals surface area contributed by atoms with Gasteiger partial charge in [-0.3, -0.25) is 9.79 Å². The molecule has 0 saturated heterocycles. The van der Waals surface area contributed by atoms with Gasteiger partial charge in [0.1, 0.15) is 11.3 Å². The molecule has 142 valence electrons. The zero-order chi connectivity index (χ0) is 19.8. The number of rotatable bonds is 3. The number of benzene rings is 3. The minimum absolute atomic E-state index is 0.100. The molecule has 1 unspecified atom stereocenters. The van der Waals surface area contributed by atoms with E-state index in [9.17, 15) is 9.18 Å². The number of Topliss-reactive ketones (excluding diaryl/α,β-unsaturated/α-hetero) is 1. The molecule has 5 rings (SSSR count). The van der Waals surface area contributed by atoms with Crippen molar-refractivity contribution in [2.45, 2.75) is 12.6 Å². The Bertz CT molecular complexity index is 1250. The molecule has 2 heterocycles. The van der Waals surface area contributed by atoms with Gasteiger partial charge in [0.25, 0.3) is 6.01 Å². The largest absolute Gasteiger partial charge is 0.424 e. The van der Waals surface area contributed by atoms with E-state index in [-0.39, 0.29) is 18.2 Å². The molecule has 5 nitrogen and oxygen atoms in total. The smallest absolute Gasteiger partial charge is 0.297 e. The van der Waals surface area contributed by atoms with Crippen molar-refractivity contribution >= 4 is 28.6 Å². The lowest BCUT2D eigenvalue weighted by Gasteiger charge is -2.12. The molecule has 0 bridgehead atoms.